The number of aryl methyl sites for hydroxylation is 2. The lowest BCUT2D eigenvalue weighted by Crippen LogP contribution is -2.31. The largest absolute Gasteiger partial charge is 0.345 e. The van der Waals surface area contributed by atoms with Gasteiger partial charge < -0.3 is 5.32 Å². The third-order valence-electron chi connectivity index (χ3n) is 5.49. The minimum atomic E-state index is -3.73. The lowest BCUT2D eigenvalue weighted by molar-refractivity contribution is 0.0932. The van der Waals surface area contributed by atoms with Crippen molar-refractivity contribution < 1.29 is 13.2 Å². The van der Waals surface area contributed by atoms with Crippen LogP contribution in [0, 0.1) is 6.92 Å². The summed E-state index contributed by atoms with van der Waals surface area (Å²) in [5.74, 6) is -0.201. The van der Waals surface area contributed by atoms with Crippen molar-refractivity contribution in [3.63, 3.8) is 0 Å². The fraction of sp³-hybridized carbons (Fsp3) is 0.208. The number of rotatable bonds is 5. The Bertz CT molecular complexity index is 1170. The second kappa shape index (κ2) is 8.32. The molecule has 3 aromatic rings. The van der Waals surface area contributed by atoms with Crippen molar-refractivity contribution in [2.24, 2.45) is 0 Å². The maximum absolute atomic E-state index is 12.7. The van der Waals surface area contributed by atoms with Gasteiger partial charge in [-0.05, 0) is 73.2 Å². The first kappa shape index (κ1) is 20.2. The summed E-state index contributed by atoms with van der Waals surface area (Å²) in [4.78, 5) is 12.9. The van der Waals surface area contributed by atoms with Crippen LogP contribution in [0.4, 0.5) is 5.69 Å². The van der Waals surface area contributed by atoms with Crippen molar-refractivity contribution >= 4 is 21.6 Å². The third-order valence-corrected chi connectivity index (χ3v) is 6.87. The first-order valence-corrected chi connectivity index (χ1v) is 11.5. The third kappa shape index (κ3) is 4.24. The summed E-state index contributed by atoms with van der Waals surface area (Å²) >= 11 is 0. The number of benzene rings is 3. The predicted molar refractivity (Wildman–Crippen MR) is 118 cm³/mol. The SMILES string of the molecule is Cc1ccccc1NS(=O)(=O)c1ccc(C(=O)NC2CCCc3ccccc32)cc1. The van der Waals surface area contributed by atoms with Gasteiger partial charge in [-0.1, -0.05) is 42.5 Å². The highest BCUT2D eigenvalue weighted by Gasteiger charge is 2.22. The Morgan fingerprint density at radius 2 is 1.63 bits per heavy atom. The lowest BCUT2D eigenvalue weighted by atomic mass is 9.87. The Morgan fingerprint density at radius 3 is 2.40 bits per heavy atom. The molecule has 4 rings (SSSR count). The number of sulfonamides is 1. The van der Waals surface area contributed by atoms with Gasteiger partial charge in [0, 0.05) is 5.56 Å². The molecule has 0 saturated carbocycles. The molecular formula is C24H24N2O3S. The van der Waals surface area contributed by atoms with Crippen molar-refractivity contribution in [1.29, 1.82) is 0 Å². The summed E-state index contributed by atoms with van der Waals surface area (Å²) in [5, 5.41) is 3.09. The summed E-state index contributed by atoms with van der Waals surface area (Å²) in [6.45, 7) is 1.84. The second-order valence-electron chi connectivity index (χ2n) is 7.56. The monoisotopic (exact) mass is 420 g/mol. The number of carbonyl (C=O) groups is 1. The van der Waals surface area contributed by atoms with Crippen LogP contribution in [0.1, 0.15) is 45.9 Å². The van der Waals surface area contributed by atoms with E-state index in [4.69, 9.17) is 0 Å². The number of nitrogens with one attached hydrogen (secondary N) is 2. The molecule has 5 nitrogen and oxygen atoms in total. The van der Waals surface area contributed by atoms with E-state index in [1.165, 1.54) is 23.3 Å². The number of hydrogen-bond donors (Lipinski definition) is 2. The number of para-hydroxylation sites is 1. The molecule has 0 heterocycles. The molecule has 0 bridgehead atoms. The molecule has 154 valence electrons. The summed E-state index contributed by atoms with van der Waals surface area (Å²) in [6, 6.07) is 21.4. The van der Waals surface area contributed by atoms with Crippen molar-refractivity contribution in [3.8, 4) is 0 Å². The summed E-state index contributed by atoms with van der Waals surface area (Å²) in [7, 11) is -3.73. The maximum atomic E-state index is 12.7. The van der Waals surface area contributed by atoms with E-state index in [0.29, 0.717) is 11.3 Å². The molecule has 0 aromatic heterocycles. The van der Waals surface area contributed by atoms with E-state index in [-0.39, 0.29) is 16.8 Å². The van der Waals surface area contributed by atoms with Crippen molar-refractivity contribution in [1.82, 2.24) is 5.32 Å². The molecule has 0 fully saturated rings. The molecular weight excluding hydrogens is 396 g/mol. The van der Waals surface area contributed by atoms with E-state index in [0.717, 1.165) is 24.8 Å². The molecule has 0 radical (unpaired) electrons. The first-order valence-electron chi connectivity index (χ1n) is 10.0. The Kier molecular flexibility index (Phi) is 5.59. The highest BCUT2D eigenvalue weighted by Crippen LogP contribution is 2.29. The fourth-order valence-corrected chi connectivity index (χ4v) is 4.95. The van der Waals surface area contributed by atoms with Crippen LogP contribution in [0.3, 0.4) is 0 Å². The maximum Gasteiger partial charge on any atom is 0.261 e. The fourth-order valence-electron chi connectivity index (χ4n) is 3.82. The number of fused-ring (bicyclic) bond motifs is 1. The Morgan fingerprint density at radius 1 is 0.933 bits per heavy atom. The normalized spacial score (nSPS) is 15.8. The molecule has 2 N–H and O–H groups in total. The molecule has 0 spiro atoms. The van der Waals surface area contributed by atoms with Gasteiger partial charge in [0.1, 0.15) is 0 Å². The van der Waals surface area contributed by atoms with E-state index in [2.05, 4.69) is 22.2 Å². The molecule has 0 aliphatic heterocycles. The Hall–Kier alpha value is -3.12. The van der Waals surface area contributed by atoms with Gasteiger partial charge in [0.2, 0.25) is 0 Å². The quantitative estimate of drug-likeness (QED) is 0.633. The van der Waals surface area contributed by atoms with E-state index >= 15 is 0 Å². The molecule has 3 aromatic carbocycles. The molecule has 1 aliphatic rings. The van der Waals surface area contributed by atoms with E-state index in [1.807, 2.05) is 31.2 Å². The predicted octanol–water partition coefficient (Wildman–Crippen LogP) is 4.60. The standard InChI is InChI=1S/C24H24N2O3S/c1-17-7-2-5-11-22(17)26-30(28,29)20-15-13-19(14-16-20)24(27)25-23-12-6-9-18-8-3-4-10-21(18)23/h2-5,7-8,10-11,13-16,23,26H,6,9,12H2,1H3,(H,25,27). The van der Waals surface area contributed by atoms with E-state index < -0.39 is 10.0 Å². The summed E-state index contributed by atoms with van der Waals surface area (Å²) in [5.41, 5.74) is 4.25. The zero-order chi connectivity index (χ0) is 21.1. The zero-order valence-electron chi connectivity index (χ0n) is 16.8. The number of carbonyl (C=O) groups excluding carboxylic acids is 1. The van der Waals surface area contributed by atoms with Gasteiger partial charge in [0.25, 0.3) is 15.9 Å². The number of anilines is 1. The van der Waals surface area contributed by atoms with Gasteiger partial charge in [-0.25, -0.2) is 8.42 Å². The molecule has 0 saturated heterocycles. The second-order valence-corrected chi connectivity index (χ2v) is 9.24. The van der Waals surface area contributed by atoms with Gasteiger partial charge >= 0.3 is 0 Å². The van der Waals surface area contributed by atoms with Crippen molar-refractivity contribution in [2.75, 3.05) is 4.72 Å². The van der Waals surface area contributed by atoms with Crippen molar-refractivity contribution in [3.05, 3.63) is 95.1 Å². The van der Waals surface area contributed by atoms with Gasteiger partial charge in [-0.2, -0.15) is 0 Å². The van der Waals surface area contributed by atoms with Crippen LogP contribution in [-0.2, 0) is 16.4 Å². The van der Waals surface area contributed by atoms with Crippen LogP contribution in [0.2, 0.25) is 0 Å². The van der Waals surface area contributed by atoms with Crippen LogP contribution < -0.4 is 10.0 Å². The smallest absolute Gasteiger partial charge is 0.261 e. The molecule has 1 aliphatic carbocycles. The van der Waals surface area contributed by atoms with Gasteiger partial charge in [0.05, 0.1) is 16.6 Å². The number of amides is 1. The highest BCUT2D eigenvalue weighted by atomic mass is 32.2. The van der Waals surface area contributed by atoms with Gasteiger partial charge in [-0.15, -0.1) is 0 Å². The molecule has 1 unspecified atom stereocenters. The Balaban J connectivity index is 1.48. The van der Waals surface area contributed by atoms with Crippen LogP contribution in [0.25, 0.3) is 0 Å². The topological polar surface area (TPSA) is 75.3 Å². The van der Waals surface area contributed by atoms with E-state index in [1.54, 1.807) is 24.3 Å². The van der Waals surface area contributed by atoms with Crippen LogP contribution in [0.5, 0.6) is 0 Å². The molecule has 1 amide bonds. The van der Waals surface area contributed by atoms with Crippen molar-refractivity contribution in [2.45, 2.75) is 37.1 Å². The van der Waals surface area contributed by atoms with E-state index in [9.17, 15) is 13.2 Å². The number of hydrogen-bond acceptors (Lipinski definition) is 3. The average molecular weight is 421 g/mol. The summed E-state index contributed by atoms with van der Waals surface area (Å²) in [6.07, 6.45) is 2.96. The molecule has 1 atom stereocenters. The zero-order valence-corrected chi connectivity index (χ0v) is 17.6. The highest BCUT2D eigenvalue weighted by molar-refractivity contribution is 7.92. The average Bonchev–Trinajstić information content (AvgIpc) is 2.75. The first-order chi connectivity index (χ1) is 14.4. The molecule has 30 heavy (non-hydrogen) atoms. The molecule has 6 heteroatoms. The van der Waals surface area contributed by atoms with Crippen LogP contribution >= 0.6 is 0 Å². The minimum Gasteiger partial charge on any atom is -0.345 e. The van der Waals surface area contributed by atoms with Crippen LogP contribution in [0.15, 0.2) is 77.7 Å². The lowest BCUT2D eigenvalue weighted by Gasteiger charge is -2.26. The summed E-state index contributed by atoms with van der Waals surface area (Å²) < 4.78 is 28.0. The minimum absolute atomic E-state index is 0.0198. The van der Waals surface area contributed by atoms with Gasteiger partial charge in [0.15, 0.2) is 0 Å². The Labute approximate surface area is 177 Å². The van der Waals surface area contributed by atoms with Gasteiger partial charge in [-0.3, -0.25) is 9.52 Å². The van der Waals surface area contributed by atoms with Crippen LogP contribution in [-0.4, -0.2) is 14.3 Å².